The van der Waals surface area contributed by atoms with Crippen LogP contribution in [0.4, 0.5) is 0 Å². The number of hydrogen-bond donors (Lipinski definition) is 0. The van der Waals surface area contributed by atoms with Gasteiger partial charge in [-0.15, -0.1) is 0 Å². The molecule has 2 aromatic carbocycles. The zero-order chi connectivity index (χ0) is 15.2. The molecule has 0 radical (unpaired) electrons. The molecule has 0 saturated heterocycles. The Morgan fingerprint density at radius 1 is 0.667 bits per heavy atom. The van der Waals surface area contributed by atoms with E-state index in [1.54, 1.807) is 0 Å². The minimum atomic E-state index is 0.0826. The molecule has 2 nitrogen and oxygen atoms in total. The Labute approximate surface area is 140 Å². The SMILES string of the molecule is O=C(CBr)c1ccc(Cc2ccc(C(=O)CBr)cc2)cc1. The monoisotopic (exact) mass is 408 g/mol. The number of ketones is 2. The zero-order valence-corrected chi connectivity index (χ0v) is 14.5. The van der Waals surface area contributed by atoms with Gasteiger partial charge in [0.2, 0.25) is 0 Å². The number of halogens is 2. The standard InChI is InChI=1S/C17H14Br2O2/c18-10-16(20)14-5-1-12(2-6-14)9-13-3-7-15(8-4-13)17(21)11-19/h1-8H,9-11H2. The number of benzene rings is 2. The van der Waals surface area contributed by atoms with E-state index < -0.39 is 0 Å². The number of carbonyl (C=O) groups is 2. The van der Waals surface area contributed by atoms with Crippen LogP contribution < -0.4 is 0 Å². The van der Waals surface area contributed by atoms with E-state index in [-0.39, 0.29) is 11.6 Å². The molecular weight excluding hydrogens is 396 g/mol. The van der Waals surface area contributed by atoms with Crippen molar-refractivity contribution in [3.05, 3.63) is 70.8 Å². The highest BCUT2D eigenvalue weighted by Gasteiger charge is 2.05. The van der Waals surface area contributed by atoms with Gasteiger partial charge in [-0.1, -0.05) is 80.4 Å². The molecule has 0 aliphatic carbocycles. The quantitative estimate of drug-likeness (QED) is 0.522. The number of carbonyl (C=O) groups excluding carboxylic acids is 2. The Bertz CT molecular complexity index is 573. The van der Waals surface area contributed by atoms with E-state index in [9.17, 15) is 9.59 Å². The highest BCUT2D eigenvalue weighted by atomic mass is 79.9. The third-order valence-corrected chi connectivity index (χ3v) is 4.22. The summed E-state index contributed by atoms with van der Waals surface area (Å²) in [5.41, 5.74) is 3.71. The smallest absolute Gasteiger partial charge is 0.173 e. The Hall–Kier alpha value is -1.26. The average molecular weight is 410 g/mol. The molecule has 0 aliphatic rings. The van der Waals surface area contributed by atoms with Crippen molar-refractivity contribution in [3.8, 4) is 0 Å². The second-order valence-corrected chi connectivity index (χ2v) is 5.81. The van der Waals surface area contributed by atoms with Crippen molar-refractivity contribution in [1.29, 1.82) is 0 Å². The van der Waals surface area contributed by atoms with Crippen molar-refractivity contribution >= 4 is 43.4 Å². The Morgan fingerprint density at radius 2 is 1.00 bits per heavy atom. The lowest BCUT2D eigenvalue weighted by molar-refractivity contribution is 0.101. The largest absolute Gasteiger partial charge is 0.293 e. The number of hydrogen-bond acceptors (Lipinski definition) is 2. The van der Waals surface area contributed by atoms with Crippen LogP contribution in [-0.2, 0) is 6.42 Å². The van der Waals surface area contributed by atoms with E-state index in [0.717, 1.165) is 17.5 Å². The fraction of sp³-hybridized carbons (Fsp3) is 0.176. The molecule has 21 heavy (non-hydrogen) atoms. The minimum absolute atomic E-state index is 0.0826. The molecule has 0 aromatic heterocycles. The number of Topliss-reactive ketones (excluding diaryl/α,β-unsaturated/α-hetero) is 2. The molecule has 108 valence electrons. The summed E-state index contributed by atoms with van der Waals surface area (Å²) in [4.78, 5) is 23.1. The normalized spacial score (nSPS) is 10.4. The maximum absolute atomic E-state index is 11.5. The van der Waals surface area contributed by atoms with Gasteiger partial charge in [-0.05, 0) is 17.5 Å². The molecular formula is C17H14Br2O2. The molecule has 0 aliphatic heterocycles. The van der Waals surface area contributed by atoms with Gasteiger partial charge in [-0.25, -0.2) is 0 Å². The summed E-state index contributed by atoms with van der Waals surface area (Å²) in [6.45, 7) is 0. The van der Waals surface area contributed by atoms with Crippen LogP contribution in [0.15, 0.2) is 48.5 Å². The van der Waals surface area contributed by atoms with Gasteiger partial charge in [0.15, 0.2) is 11.6 Å². The first-order valence-electron chi connectivity index (χ1n) is 6.50. The van der Waals surface area contributed by atoms with Crippen molar-refractivity contribution in [2.24, 2.45) is 0 Å². The third kappa shape index (κ3) is 4.35. The van der Waals surface area contributed by atoms with Gasteiger partial charge in [0, 0.05) is 11.1 Å². The topological polar surface area (TPSA) is 34.1 Å². The first kappa shape index (κ1) is 16.1. The Kier molecular flexibility index (Phi) is 5.88. The predicted octanol–water partition coefficient (Wildman–Crippen LogP) is 4.43. The lowest BCUT2D eigenvalue weighted by Gasteiger charge is -2.05. The van der Waals surface area contributed by atoms with Crippen molar-refractivity contribution in [1.82, 2.24) is 0 Å². The van der Waals surface area contributed by atoms with E-state index in [1.165, 1.54) is 0 Å². The molecule has 0 spiro atoms. The highest BCUT2D eigenvalue weighted by molar-refractivity contribution is 9.09. The fourth-order valence-electron chi connectivity index (χ4n) is 2.01. The van der Waals surface area contributed by atoms with E-state index >= 15 is 0 Å². The van der Waals surface area contributed by atoms with Gasteiger partial charge in [0.05, 0.1) is 10.7 Å². The van der Waals surface area contributed by atoms with E-state index in [2.05, 4.69) is 31.9 Å². The summed E-state index contributed by atoms with van der Waals surface area (Å²) in [6, 6.07) is 15.3. The molecule has 4 heteroatoms. The van der Waals surface area contributed by atoms with Crippen LogP contribution in [0.2, 0.25) is 0 Å². The van der Waals surface area contributed by atoms with Gasteiger partial charge in [-0.2, -0.15) is 0 Å². The molecule has 0 atom stereocenters. The van der Waals surface area contributed by atoms with Crippen molar-refractivity contribution in [2.45, 2.75) is 6.42 Å². The number of rotatable bonds is 6. The van der Waals surface area contributed by atoms with Crippen LogP contribution in [-0.4, -0.2) is 22.2 Å². The molecule has 0 heterocycles. The third-order valence-electron chi connectivity index (χ3n) is 3.20. The molecule has 0 saturated carbocycles. The molecule has 0 unspecified atom stereocenters. The van der Waals surface area contributed by atoms with Crippen LogP contribution in [0, 0.1) is 0 Å². The van der Waals surface area contributed by atoms with Gasteiger partial charge >= 0.3 is 0 Å². The summed E-state index contributed by atoms with van der Waals surface area (Å²) in [5, 5.41) is 0.685. The fourth-order valence-corrected chi connectivity index (χ4v) is 2.65. The maximum Gasteiger partial charge on any atom is 0.173 e. The average Bonchev–Trinajstić information content (AvgIpc) is 2.55. The molecule has 0 bridgehead atoms. The van der Waals surface area contributed by atoms with Crippen LogP contribution in [0.1, 0.15) is 31.8 Å². The summed E-state index contributed by atoms with van der Waals surface area (Å²) in [7, 11) is 0. The van der Waals surface area contributed by atoms with E-state index in [1.807, 2.05) is 48.5 Å². The lowest BCUT2D eigenvalue weighted by Crippen LogP contribution is -2.01. The molecule has 0 fully saturated rings. The van der Waals surface area contributed by atoms with Crippen LogP contribution in [0.5, 0.6) is 0 Å². The summed E-state index contributed by atoms with van der Waals surface area (Å²) < 4.78 is 0. The molecule has 0 amide bonds. The van der Waals surface area contributed by atoms with Crippen molar-refractivity contribution < 1.29 is 9.59 Å². The Balaban J connectivity index is 2.08. The first-order chi connectivity index (χ1) is 10.1. The molecule has 2 rings (SSSR count). The summed E-state index contributed by atoms with van der Waals surface area (Å²) in [5.74, 6) is 0.165. The highest BCUT2D eigenvalue weighted by Crippen LogP contribution is 2.13. The van der Waals surface area contributed by atoms with Gasteiger partial charge in [0.1, 0.15) is 0 Å². The van der Waals surface area contributed by atoms with E-state index in [4.69, 9.17) is 0 Å². The zero-order valence-electron chi connectivity index (χ0n) is 11.3. The maximum atomic E-state index is 11.5. The van der Waals surface area contributed by atoms with Crippen LogP contribution >= 0.6 is 31.9 Å². The Morgan fingerprint density at radius 3 is 1.29 bits per heavy atom. The lowest BCUT2D eigenvalue weighted by atomic mass is 10.0. The van der Waals surface area contributed by atoms with Crippen molar-refractivity contribution in [3.63, 3.8) is 0 Å². The van der Waals surface area contributed by atoms with Gasteiger partial charge in [0.25, 0.3) is 0 Å². The molecule has 0 N–H and O–H groups in total. The van der Waals surface area contributed by atoms with Crippen molar-refractivity contribution in [2.75, 3.05) is 10.7 Å². The first-order valence-corrected chi connectivity index (χ1v) is 8.74. The van der Waals surface area contributed by atoms with Gasteiger partial charge < -0.3 is 0 Å². The molecule has 2 aromatic rings. The van der Waals surface area contributed by atoms with Crippen LogP contribution in [0.3, 0.4) is 0 Å². The van der Waals surface area contributed by atoms with E-state index in [0.29, 0.717) is 21.8 Å². The summed E-state index contributed by atoms with van der Waals surface area (Å²) >= 11 is 6.34. The predicted molar refractivity (Wildman–Crippen MR) is 91.9 cm³/mol. The summed E-state index contributed by atoms with van der Waals surface area (Å²) in [6.07, 6.45) is 0.783. The second kappa shape index (κ2) is 7.66. The van der Waals surface area contributed by atoms with Gasteiger partial charge in [-0.3, -0.25) is 9.59 Å². The minimum Gasteiger partial charge on any atom is -0.293 e. The van der Waals surface area contributed by atoms with Crippen LogP contribution in [0.25, 0.3) is 0 Å². The number of alkyl halides is 2. The second-order valence-electron chi connectivity index (χ2n) is 4.68.